The molecule has 9 nitrogen and oxygen atoms in total. The molecule has 0 aromatic rings. The lowest BCUT2D eigenvalue weighted by Gasteiger charge is -2.40. The van der Waals surface area contributed by atoms with Gasteiger partial charge in [0.15, 0.2) is 6.29 Å². The van der Waals surface area contributed by atoms with Crippen LogP contribution in [0, 0.1) is 0 Å². The second-order valence-electron chi connectivity index (χ2n) is 24.7. The van der Waals surface area contributed by atoms with E-state index in [4.69, 9.17) is 9.47 Å². The summed E-state index contributed by atoms with van der Waals surface area (Å²) >= 11 is 0. The van der Waals surface area contributed by atoms with Crippen molar-refractivity contribution in [2.75, 3.05) is 13.2 Å². The number of rotatable bonds is 62. The Kier molecular flexibility index (Phi) is 57.8. The lowest BCUT2D eigenvalue weighted by atomic mass is 9.99. The molecule has 1 fully saturated rings. The molecule has 0 aromatic heterocycles. The molecule has 0 bridgehead atoms. The third-order valence-electron chi connectivity index (χ3n) is 16.9. The molecule has 0 spiro atoms. The van der Waals surface area contributed by atoms with Gasteiger partial charge in [0.2, 0.25) is 5.91 Å². The summed E-state index contributed by atoms with van der Waals surface area (Å²) in [5.41, 5.74) is 0. The maximum absolute atomic E-state index is 13.1. The number of hydrogen-bond donors (Lipinski definition) is 6. The molecule has 80 heavy (non-hydrogen) atoms. The number of carbonyl (C=O) groups is 1. The van der Waals surface area contributed by atoms with Crippen LogP contribution >= 0.6 is 0 Å². The summed E-state index contributed by atoms with van der Waals surface area (Å²) < 4.78 is 11.3. The Bertz CT molecular complexity index is 1360. The van der Waals surface area contributed by atoms with Crippen molar-refractivity contribution in [3.05, 3.63) is 36.5 Å². The van der Waals surface area contributed by atoms with Crippen molar-refractivity contribution in [3.63, 3.8) is 0 Å². The van der Waals surface area contributed by atoms with Gasteiger partial charge in [0.05, 0.1) is 25.4 Å². The molecule has 7 atom stereocenters. The third kappa shape index (κ3) is 48.7. The monoisotopic (exact) mass is 1130 g/mol. The quantitative estimate of drug-likeness (QED) is 0.0261. The Balaban J connectivity index is 2.12. The van der Waals surface area contributed by atoms with E-state index in [1.54, 1.807) is 6.08 Å². The smallest absolute Gasteiger partial charge is 0.220 e. The highest BCUT2D eigenvalue weighted by Crippen LogP contribution is 2.23. The van der Waals surface area contributed by atoms with Crippen LogP contribution in [0.15, 0.2) is 36.5 Å². The van der Waals surface area contributed by atoms with Crippen LogP contribution in [0.2, 0.25) is 0 Å². The number of unbranched alkanes of at least 4 members (excludes halogenated alkanes) is 48. The number of carbonyl (C=O) groups excluding carboxylic acids is 1. The van der Waals surface area contributed by atoms with Gasteiger partial charge in [0, 0.05) is 6.42 Å². The van der Waals surface area contributed by atoms with Crippen molar-refractivity contribution in [1.29, 1.82) is 0 Å². The lowest BCUT2D eigenvalue weighted by molar-refractivity contribution is -0.302. The Hall–Kier alpha value is -1.59. The number of allylic oxidation sites excluding steroid dienone is 5. The molecular weight excluding hydrogens is 995 g/mol. The summed E-state index contributed by atoms with van der Waals surface area (Å²) in [6, 6.07) is -0.828. The van der Waals surface area contributed by atoms with E-state index >= 15 is 0 Å². The summed E-state index contributed by atoms with van der Waals surface area (Å²) in [4.78, 5) is 13.1. The molecule has 1 amide bonds. The average Bonchev–Trinajstić information content (AvgIpc) is 3.49. The molecule has 0 aliphatic carbocycles. The molecular formula is C71H135NO8. The van der Waals surface area contributed by atoms with Crippen LogP contribution in [0.3, 0.4) is 0 Å². The molecule has 0 radical (unpaired) electrons. The number of hydrogen-bond acceptors (Lipinski definition) is 8. The van der Waals surface area contributed by atoms with Crippen LogP contribution < -0.4 is 5.32 Å². The van der Waals surface area contributed by atoms with Crippen LogP contribution in [0.5, 0.6) is 0 Å². The zero-order valence-corrected chi connectivity index (χ0v) is 52.9. The maximum Gasteiger partial charge on any atom is 0.220 e. The number of nitrogens with one attached hydrogen (secondary N) is 1. The summed E-state index contributed by atoms with van der Waals surface area (Å²) in [6.45, 7) is 3.81. The second-order valence-corrected chi connectivity index (χ2v) is 24.7. The Labute approximate surface area is 495 Å². The normalized spacial score (nSPS) is 18.6. The minimum Gasteiger partial charge on any atom is -0.394 e. The van der Waals surface area contributed by atoms with Gasteiger partial charge >= 0.3 is 0 Å². The van der Waals surface area contributed by atoms with E-state index in [1.165, 1.54) is 289 Å². The molecule has 1 heterocycles. The summed E-state index contributed by atoms with van der Waals surface area (Å²) in [6.07, 6.45) is 74.1. The topological polar surface area (TPSA) is 149 Å². The van der Waals surface area contributed by atoms with Crippen LogP contribution in [0.25, 0.3) is 0 Å². The standard InChI is InChI=1S/C71H135NO8/c1-3-5-7-9-11-13-15-17-19-21-23-25-27-28-29-30-31-32-33-34-35-36-37-39-41-43-45-47-49-51-53-55-57-59-61-67(75)72-64(63-79-71-70(78)69(77)68(76)66(62-73)80-71)65(74)60-58-56-54-52-50-48-46-44-42-40-38-26-24-22-20-18-16-14-12-10-8-6-4-2/h42,44,50,52,58,60,64-66,68-71,73-74,76-78H,3-41,43,45-49,51,53-57,59,61-63H2,1-2H3,(H,72,75)/b44-42+,52-50+,60-58+. The van der Waals surface area contributed by atoms with Gasteiger partial charge in [0.25, 0.3) is 0 Å². The number of aliphatic hydroxyl groups excluding tert-OH is 5. The summed E-state index contributed by atoms with van der Waals surface area (Å²) in [5, 5.41) is 54.7. The average molecular weight is 1130 g/mol. The first-order valence-electron chi connectivity index (χ1n) is 35.2. The first-order chi connectivity index (χ1) is 39.3. The highest BCUT2D eigenvalue weighted by atomic mass is 16.7. The van der Waals surface area contributed by atoms with E-state index in [2.05, 4.69) is 43.5 Å². The molecule has 1 aliphatic rings. The van der Waals surface area contributed by atoms with Crippen molar-refractivity contribution >= 4 is 5.91 Å². The highest BCUT2D eigenvalue weighted by Gasteiger charge is 2.44. The molecule has 1 rings (SSSR count). The predicted octanol–water partition coefficient (Wildman–Crippen LogP) is 19.0. The molecule has 0 saturated carbocycles. The minimum atomic E-state index is -1.57. The van der Waals surface area contributed by atoms with Crippen molar-refractivity contribution in [2.45, 2.75) is 397 Å². The largest absolute Gasteiger partial charge is 0.394 e. The third-order valence-corrected chi connectivity index (χ3v) is 16.9. The van der Waals surface area contributed by atoms with Gasteiger partial charge in [-0.1, -0.05) is 339 Å². The van der Waals surface area contributed by atoms with Gasteiger partial charge in [-0.15, -0.1) is 0 Å². The van der Waals surface area contributed by atoms with Gasteiger partial charge in [-0.05, 0) is 44.9 Å². The highest BCUT2D eigenvalue weighted by molar-refractivity contribution is 5.76. The summed E-state index contributed by atoms with van der Waals surface area (Å²) in [7, 11) is 0. The van der Waals surface area contributed by atoms with Crippen molar-refractivity contribution in [3.8, 4) is 0 Å². The lowest BCUT2D eigenvalue weighted by Crippen LogP contribution is -2.60. The SMILES string of the molecule is CCCCCCCCCCCCCCC/C=C/CC/C=C/CC/C=C/C(O)C(COC1OC(CO)C(O)C(O)C1O)NC(=O)CCCCCCCCCCCCCCCCCCCCCCCCCCCCCCCCCCCC. The first kappa shape index (κ1) is 76.4. The molecule has 1 saturated heterocycles. The van der Waals surface area contributed by atoms with Crippen LogP contribution in [0.1, 0.15) is 354 Å². The van der Waals surface area contributed by atoms with E-state index in [9.17, 15) is 30.3 Å². The maximum atomic E-state index is 13.1. The second kappa shape index (κ2) is 60.5. The van der Waals surface area contributed by atoms with Crippen LogP contribution in [-0.4, -0.2) is 87.5 Å². The van der Waals surface area contributed by atoms with Crippen molar-refractivity contribution < 1.29 is 39.8 Å². The Morgan fingerprint density at radius 3 is 1.05 bits per heavy atom. The summed E-state index contributed by atoms with van der Waals surface area (Å²) in [5.74, 6) is -0.183. The molecule has 6 N–H and O–H groups in total. The van der Waals surface area contributed by atoms with E-state index in [1.807, 2.05) is 6.08 Å². The first-order valence-corrected chi connectivity index (χ1v) is 35.2. The number of amides is 1. The van der Waals surface area contributed by atoms with Crippen molar-refractivity contribution in [2.24, 2.45) is 0 Å². The Morgan fingerprint density at radius 2 is 0.713 bits per heavy atom. The molecule has 0 aromatic carbocycles. The van der Waals surface area contributed by atoms with Crippen LogP contribution in [0.4, 0.5) is 0 Å². The van der Waals surface area contributed by atoms with Gasteiger partial charge in [-0.2, -0.15) is 0 Å². The van der Waals surface area contributed by atoms with E-state index in [0.29, 0.717) is 6.42 Å². The van der Waals surface area contributed by atoms with Gasteiger partial charge in [-0.25, -0.2) is 0 Å². The zero-order valence-electron chi connectivity index (χ0n) is 52.9. The molecule has 9 heteroatoms. The van der Waals surface area contributed by atoms with E-state index in [0.717, 1.165) is 44.9 Å². The van der Waals surface area contributed by atoms with Crippen LogP contribution in [-0.2, 0) is 14.3 Å². The number of ether oxygens (including phenoxy) is 2. The van der Waals surface area contributed by atoms with Crippen molar-refractivity contribution in [1.82, 2.24) is 5.32 Å². The molecule has 7 unspecified atom stereocenters. The predicted molar refractivity (Wildman–Crippen MR) is 341 cm³/mol. The Morgan fingerprint density at radius 1 is 0.412 bits per heavy atom. The van der Waals surface area contributed by atoms with Gasteiger partial charge in [-0.3, -0.25) is 4.79 Å². The molecule has 1 aliphatic heterocycles. The van der Waals surface area contributed by atoms with E-state index < -0.39 is 49.5 Å². The van der Waals surface area contributed by atoms with E-state index in [-0.39, 0.29) is 12.5 Å². The fraction of sp³-hybridized carbons (Fsp3) is 0.901. The molecule has 472 valence electrons. The number of aliphatic hydroxyl groups is 5. The fourth-order valence-corrected chi connectivity index (χ4v) is 11.4. The minimum absolute atomic E-state index is 0.183. The zero-order chi connectivity index (χ0) is 57.9. The fourth-order valence-electron chi connectivity index (χ4n) is 11.4. The van der Waals surface area contributed by atoms with Gasteiger partial charge in [0.1, 0.15) is 24.4 Å². The van der Waals surface area contributed by atoms with Gasteiger partial charge < -0.3 is 40.3 Å².